The zero-order valence-corrected chi connectivity index (χ0v) is 19.5. The van der Waals surface area contributed by atoms with Gasteiger partial charge in [0.2, 0.25) is 21.8 Å². The van der Waals surface area contributed by atoms with Gasteiger partial charge in [0.1, 0.15) is 6.04 Å². The van der Waals surface area contributed by atoms with Gasteiger partial charge in [-0.3, -0.25) is 9.59 Å². The average molecular weight is 466 g/mol. The topological polar surface area (TPSA) is 86.8 Å². The van der Waals surface area contributed by atoms with E-state index in [-0.39, 0.29) is 25.5 Å². The van der Waals surface area contributed by atoms with Gasteiger partial charge in [-0.1, -0.05) is 54.1 Å². The molecule has 0 aliphatic carbocycles. The molecule has 31 heavy (non-hydrogen) atoms. The maximum atomic E-state index is 13.2. The van der Waals surface area contributed by atoms with E-state index in [9.17, 15) is 18.0 Å². The molecule has 0 aliphatic rings. The molecule has 0 bridgehead atoms. The predicted octanol–water partition coefficient (Wildman–Crippen LogP) is 2.66. The van der Waals surface area contributed by atoms with E-state index in [2.05, 4.69) is 5.32 Å². The van der Waals surface area contributed by atoms with E-state index in [1.54, 1.807) is 50.2 Å². The first-order chi connectivity index (χ1) is 14.6. The smallest absolute Gasteiger partial charge is 0.242 e. The first-order valence-corrected chi connectivity index (χ1v) is 12.1. The molecule has 2 rings (SSSR count). The lowest BCUT2D eigenvalue weighted by atomic mass is 10.1. The lowest BCUT2D eigenvalue weighted by molar-refractivity contribution is -0.140. The minimum atomic E-state index is -3.66. The zero-order chi connectivity index (χ0) is 23.0. The fourth-order valence-corrected chi connectivity index (χ4v) is 3.86. The molecule has 0 saturated heterocycles. The first-order valence-electron chi connectivity index (χ1n) is 9.92. The number of halogens is 1. The number of carbonyl (C=O) groups is 2. The second-order valence-corrected chi connectivity index (χ2v) is 9.65. The van der Waals surface area contributed by atoms with Crippen molar-refractivity contribution < 1.29 is 18.0 Å². The van der Waals surface area contributed by atoms with Crippen molar-refractivity contribution in [3.8, 4) is 0 Å². The minimum absolute atomic E-state index is 0.0652. The Morgan fingerprint density at radius 3 is 2.13 bits per heavy atom. The van der Waals surface area contributed by atoms with E-state index in [0.717, 1.165) is 21.7 Å². The number of likely N-dealkylation sites (N-methyl/N-ethyl adjacent to an activating group) is 1. The molecule has 0 radical (unpaired) electrons. The molecule has 9 heteroatoms. The normalized spacial score (nSPS) is 12.4. The van der Waals surface area contributed by atoms with Crippen LogP contribution in [0.5, 0.6) is 0 Å². The summed E-state index contributed by atoms with van der Waals surface area (Å²) >= 11 is 5.94. The van der Waals surface area contributed by atoms with Crippen molar-refractivity contribution in [2.75, 3.05) is 19.3 Å². The van der Waals surface area contributed by atoms with Crippen molar-refractivity contribution in [1.82, 2.24) is 14.5 Å². The van der Waals surface area contributed by atoms with E-state index in [1.165, 1.54) is 4.90 Å². The summed E-state index contributed by atoms with van der Waals surface area (Å²) in [6.45, 7) is 3.69. The van der Waals surface area contributed by atoms with Crippen molar-refractivity contribution in [2.24, 2.45) is 0 Å². The number of nitrogens with one attached hydrogen (secondary N) is 1. The number of rotatable bonds is 10. The molecule has 2 aromatic rings. The van der Waals surface area contributed by atoms with Crippen LogP contribution in [-0.2, 0) is 32.7 Å². The summed E-state index contributed by atoms with van der Waals surface area (Å²) in [7, 11) is -3.66. The summed E-state index contributed by atoms with van der Waals surface area (Å²) in [6, 6.07) is 15.2. The Morgan fingerprint density at radius 2 is 1.58 bits per heavy atom. The lowest BCUT2D eigenvalue weighted by Crippen LogP contribution is -2.50. The number of nitrogens with zero attached hydrogens (tertiary/aromatic N) is 2. The lowest BCUT2D eigenvalue weighted by Gasteiger charge is -2.31. The number of carbonyl (C=O) groups excluding carboxylic acids is 2. The predicted molar refractivity (Wildman–Crippen MR) is 122 cm³/mol. The second-order valence-electron chi connectivity index (χ2n) is 7.24. The SMILES string of the molecule is CCNC(=O)C(C)N(Cc1ccc(Cl)cc1)C(=O)CN(Cc1ccccc1)S(C)(=O)=O. The fraction of sp³-hybridized carbons (Fsp3) is 0.364. The van der Waals surface area contributed by atoms with Crippen molar-refractivity contribution in [2.45, 2.75) is 33.0 Å². The van der Waals surface area contributed by atoms with Crippen molar-refractivity contribution in [3.05, 3.63) is 70.7 Å². The third-order valence-electron chi connectivity index (χ3n) is 4.77. The van der Waals surface area contributed by atoms with E-state index >= 15 is 0 Å². The highest BCUT2D eigenvalue weighted by Gasteiger charge is 2.29. The van der Waals surface area contributed by atoms with Gasteiger partial charge in [0.25, 0.3) is 0 Å². The van der Waals surface area contributed by atoms with Crippen LogP contribution >= 0.6 is 11.6 Å². The molecule has 0 aliphatic heterocycles. The molecule has 1 N–H and O–H groups in total. The third kappa shape index (κ3) is 7.65. The Labute approximate surface area is 189 Å². The van der Waals surface area contributed by atoms with E-state index in [0.29, 0.717) is 11.6 Å². The average Bonchev–Trinajstić information content (AvgIpc) is 2.72. The van der Waals surface area contributed by atoms with Crippen molar-refractivity contribution in [1.29, 1.82) is 0 Å². The molecular formula is C22H28ClN3O4S. The van der Waals surface area contributed by atoms with E-state index in [4.69, 9.17) is 11.6 Å². The summed E-state index contributed by atoms with van der Waals surface area (Å²) < 4.78 is 25.8. The number of hydrogen-bond acceptors (Lipinski definition) is 4. The Kier molecular flexibility index (Phi) is 9.03. The van der Waals surface area contributed by atoms with Crippen LogP contribution in [0.3, 0.4) is 0 Å². The monoisotopic (exact) mass is 465 g/mol. The molecule has 2 aromatic carbocycles. The van der Waals surface area contributed by atoms with Gasteiger partial charge >= 0.3 is 0 Å². The van der Waals surface area contributed by atoms with Crippen molar-refractivity contribution in [3.63, 3.8) is 0 Å². The van der Waals surface area contributed by atoms with Gasteiger partial charge in [-0.05, 0) is 37.1 Å². The number of amides is 2. The van der Waals surface area contributed by atoms with Gasteiger partial charge in [0, 0.05) is 24.7 Å². The molecule has 0 saturated carbocycles. The zero-order valence-electron chi connectivity index (χ0n) is 17.9. The van der Waals surface area contributed by atoms with Crippen LogP contribution in [0.15, 0.2) is 54.6 Å². The van der Waals surface area contributed by atoms with Crippen molar-refractivity contribution >= 4 is 33.4 Å². The molecule has 7 nitrogen and oxygen atoms in total. The Hall–Kier alpha value is -2.42. The van der Waals surface area contributed by atoms with E-state index < -0.39 is 22.0 Å². The van der Waals surface area contributed by atoms with E-state index in [1.807, 2.05) is 18.2 Å². The van der Waals surface area contributed by atoms with Gasteiger partial charge in [0.15, 0.2) is 0 Å². The van der Waals surface area contributed by atoms with Crippen LogP contribution in [0.2, 0.25) is 5.02 Å². The van der Waals surface area contributed by atoms with Gasteiger partial charge in [-0.25, -0.2) is 8.42 Å². The van der Waals surface area contributed by atoms with Crippen LogP contribution in [-0.4, -0.2) is 54.8 Å². The maximum Gasteiger partial charge on any atom is 0.242 e. The summed E-state index contributed by atoms with van der Waals surface area (Å²) in [5.74, 6) is -0.770. The standard InChI is InChI=1S/C22H28ClN3O4S/c1-4-24-22(28)17(2)26(15-19-10-12-20(23)13-11-19)21(27)16-25(31(3,29)30)14-18-8-6-5-7-9-18/h5-13,17H,4,14-16H2,1-3H3,(H,24,28). The number of benzene rings is 2. The maximum absolute atomic E-state index is 13.2. The van der Waals surface area contributed by atoms with Crippen LogP contribution < -0.4 is 5.32 Å². The minimum Gasteiger partial charge on any atom is -0.355 e. The summed E-state index contributed by atoms with van der Waals surface area (Å²) in [4.78, 5) is 27.1. The number of sulfonamides is 1. The highest BCUT2D eigenvalue weighted by Crippen LogP contribution is 2.15. The Morgan fingerprint density at radius 1 is 1.00 bits per heavy atom. The van der Waals surface area contributed by atoms with Gasteiger partial charge in [-0.2, -0.15) is 4.31 Å². The highest BCUT2D eigenvalue weighted by atomic mass is 35.5. The molecule has 1 unspecified atom stereocenters. The van der Waals surface area contributed by atoms with Gasteiger partial charge in [0.05, 0.1) is 12.8 Å². The summed E-state index contributed by atoms with van der Waals surface area (Å²) in [5, 5.41) is 3.27. The quantitative estimate of drug-likeness (QED) is 0.584. The number of hydrogen-bond donors (Lipinski definition) is 1. The van der Waals surface area contributed by atoms with Crippen LogP contribution in [0.1, 0.15) is 25.0 Å². The summed E-state index contributed by atoms with van der Waals surface area (Å²) in [5.41, 5.74) is 1.55. The Bertz CT molecular complexity index is 982. The molecule has 0 heterocycles. The van der Waals surface area contributed by atoms with Crippen LogP contribution in [0, 0.1) is 0 Å². The third-order valence-corrected chi connectivity index (χ3v) is 6.22. The van der Waals surface area contributed by atoms with Gasteiger partial charge in [-0.15, -0.1) is 0 Å². The highest BCUT2D eigenvalue weighted by molar-refractivity contribution is 7.88. The first kappa shape index (κ1) is 24.8. The molecular weight excluding hydrogens is 438 g/mol. The Balaban J connectivity index is 2.28. The van der Waals surface area contributed by atoms with Crippen LogP contribution in [0.4, 0.5) is 0 Å². The molecule has 2 amide bonds. The molecule has 0 spiro atoms. The second kappa shape index (κ2) is 11.3. The summed E-state index contributed by atoms with van der Waals surface area (Å²) in [6.07, 6.45) is 1.07. The molecule has 0 fully saturated rings. The van der Waals surface area contributed by atoms with Crippen LogP contribution in [0.25, 0.3) is 0 Å². The largest absolute Gasteiger partial charge is 0.355 e. The fourth-order valence-electron chi connectivity index (χ4n) is 3.01. The molecule has 168 valence electrons. The molecule has 1 atom stereocenters. The van der Waals surface area contributed by atoms with Gasteiger partial charge < -0.3 is 10.2 Å². The molecule has 0 aromatic heterocycles.